The van der Waals surface area contributed by atoms with E-state index >= 15 is 0 Å². The molecule has 2 N–H and O–H groups in total. The van der Waals surface area contributed by atoms with Gasteiger partial charge in [0.15, 0.2) is 5.82 Å². The summed E-state index contributed by atoms with van der Waals surface area (Å²) >= 11 is 1.19. The van der Waals surface area contributed by atoms with Crippen molar-refractivity contribution in [1.29, 1.82) is 0 Å². The first kappa shape index (κ1) is 19.6. The molecular weight excluding hydrogens is 380 g/mol. The highest BCUT2D eigenvalue weighted by atomic mass is 32.1. The molecule has 0 aliphatic carbocycles. The summed E-state index contributed by atoms with van der Waals surface area (Å²) in [6.45, 7) is 4.25. The zero-order valence-corrected chi connectivity index (χ0v) is 16.5. The molecule has 0 bridgehead atoms. The number of amides is 2. The molecule has 2 aromatic heterocycles. The fourth-order valence-electron chi connectivity index (χ4n) is 2.37. The summed E-state index contributed by atoms with van der Waals surface area (Å²) in [4.78, 5) is 26.1. The van der Waals surface area contributed by atoms with E-state index in [1.807, 2.05) is 31.2 Å². The molecule has 2 heterocycles. The Hall–Kier alpha value is -3.11. The van der Waals surface area contributed by atoms with Crippen LogP contribution in [0.3, 0.4) is 0 Å². The average molecular weight is 400 g/mol. The van der Waals surface area contributed by atoms with E-state index < -0.39 is 0 Å². The van der Waals surface area contributed by atoms with E-state index in [0.29, 0.717) is 28.8 Å². The first-order valence-corrected chi connectivity index (χ1v) is 9.33. The Morgan fingerprint density at radius 1 is 1.14 bits per heavy atom. The Bertz CT molecular complexity index is 966. The quantitative estimate of drug-likeness (QED) is 0.626. The molecule has 1 aromatic carbocycles. The Labute approximate surface area is 165 Å². The topological polar surface area (TPSA) is 113 Å². The molecule has 146 valence electrons. The number of carbonyl (C=O) groups is 2. The third kappa shape index (κ3) is 5.44. The highest BCUT2D eigenvalue weighted by molar-refractivity contribution is 7.13. The molecule has 0 fully saturated rings. The molecule has 0 aliphatic rings. The molecule has 3 rings (SSSR count). The van der Waals surface area contributed by atoms with Crippen LogP contribution in [0.4, 0.5) is 11.5 Å². The largest absolute Gasteiger partial charge is 0.360 e. The van der Waals surface area contributed by atoms with Crippen molar-refractivity contribution in [3.05, 3.63) is 51.7 Å². The Morgan fingerprint density at radius 2 is 1.89 bits per heavy atom. The Kier molecular flexibility index (Phi) is 6.12. The normalized spacial score (nSPS) is 10.9. The maximum Gasteiger partial charge on any atom is 0.286 e. The second-order valence-corrected chi connectivity index (χ2v) is 7.43. The predicted octanol–water partition coefficient (Wildman–Crippen LogP) is 2.47. The van der Waals surface area contributed by atoms with Gasteiger partial charge in [0, 0.05) is 11.8 Å². The molecule has 0 unspecified atom stereocenters. The van der Waals surface area contributed by atoms with Crippen LogP contribution in [0.5, 0.6) is 0 Å². The Balaban J connectivity index is 1.51. The maximum absolute atomic E-state index is 12.3. The molecule has 2 amide bonds. The summed E-state index contributed by atoms with van der Waals surface area (Å²) in [6, 6.07) is 9.14. The summed E-state index contributed by atoms with van der Waals surface area (Å²) in [6.07, 6.45) is 0. The van der Waals surface area contributed by atoms with Gasteiger partial charge in [-0.2, -0.15) is 0 Å². The summed E-state index contributed by atoms with van der Waals surface area (Å²) in [5.74, 6) is 0.461. The van der Waals surface area contributed by atoms with Crippen LogP contribution in [0.1, 0.15) is 26.1 Å². The number of aromatic nitrogens is 3. The van der Waals surface area contributed by atoms with Crippen molar-refractivity contribution in [3.8, 4) is 0 Å². The third-order valence-corrected chi connectivity index (χ3v) is 4.59. The second-order valence-electron chi connectivity index (χ2n) is 6.36. The van der Waals surface area contributed by atoms with E-state index in [1.165, 1.54) is 11.3 Å². The minimum atomic E-state index is -0.311. The van der Waals surface area contributed by atoms with Crippen molar-refractivity contribution < 1.29 is 14.1 Å². The molecule has 0 atom stereocenters. The summed E-state index contributed by atoms with van der Waals surface area (Å²) in [5, 5.41) is 18.0. The first-order chi connectivity index (χ1) is 13.4. The number of nitrogens with one attached hydrogen (secondary N) is 2. The SMILES string of the molecule is Cc1ccc(NC(=O)c2nnc(CN(C)CC(=O)Nc3cc(C)on3)s2)cc1. The second kappa shape index (κ2) is 8.72. The minimum absolute atomic E-state index is 0.135. The van der Waals surface area contributed by atoms with Gasteiger partial charge in [0.05, 0.1) is 13.1 Å². The van der Waals surface area contributed by atoms with Gasteiger partial charge in [0.25, 0.3) is 5.91 Å². The lowest BCUT2D eigenvalue weighted by Gasteiger charge is -2.13. The smallest absolute Gasteiger partial charge is 0.286 e. The van der Waals surface area contributed by atoms with Gasteiger partial charge in [-0.3, -0.25) is 14.5 Å². The van der Waals surface area contributed by atoms with Crippen LogP contribution in [0.2, 0.25) is 0 Å². The molecule has 0 spiro atoms. The molecule has 0 radical (unpaired) electrons. The lowest BCUT2D eigenvalue weighted by atomic mass is 10.2. The number of hydrogen-bond acceptors (Lipinski definition) is 8. The molecule has 0 aliphatic heterocycles. The van der Waals surface area contributed by atoms with Gasteiger partial charge in [0.2, 0.25) is 10.9 Å². The van der Waals surface area contributed by atoms with Gasteiger partial charge in [-0.1, -0.05) is 34.2 Å². The van der Waals surface area contributed by atoms with E-state index in [4.69, 9.17) is 4.52 Å². The standard InChI is InChI=1S/C18H20N6O3S/c1-11-4-6-13(7-5-11)19-17(26)18-22-21-16(28-18)10-24(3)9-15(25)20-14-8-12(2)27-23-14/h4-8H,9-10H2,1-3H3,(H,19,26)(H,20,23,25). The molecule has 10 heteroatoms. The van der Waals surface area contributed by atoms with Crippen LogP contribution in [0, 0.1) is 13.8 Å². The third-order valence-electron chi connectivity index (χ3n) is 3.68. The molecule has 9 nitrogen and oxygen atoms in total. The van der Waals surface area contributed by atoms with Gasteiger partial charge in [-0.05, 0) is 33.0 Å². The predicted molar refractivity (Wildman–Crippen MR) is 105 cm³/mol. The average Bonchev–Trinajstić information content (AvgIpc) is 3.25. The van der Waals surface area contributed by atoms with Crippen molar-refractivity contribution in [3.63, 3.8) is 0 Å². The monoisotopic (exact) mass is 400 g/mol. The van der Waals surface area contributed by atoms with Gasteiger partial charge in [-0.25, -0.2) is 0 Å². The molecule has 28 heavy (non-hydrogen) atoms. The van der Waals surface area contributed by atoms with Crippen LogP contribution in [-0.4, -0.2) is 45.7 Å². The van der Waals surface area contributed by atoms with Crippen molar-refractivity contribution in [1.82, 2.24) is 20.3 Å². The van der Waals surface area contributed by atoms with Gasteiger partial charge >= 0.3 is 0 Å². The van der Waals surface area contributed by atoms with E-state index in [1.54, 1.807) is 24.9 Å². The fourth-order valence-corrected chi connectivity index (χ4v) is 3.19. The number of carbonyl (C=O) groups excluding carboxylic acids is 2. The van der Waals surface area contributed by atoms with Gasteiger partial charge in [-0.15, -0.1) is 10.2 Å². The van der Waals surface area contributed by atoms with Crippen LogP contribution in [0.25, 0.3) is 0 Å². The van der Waals surface area contributed by atoms with Crippen LogP contribution in [-0.2, 0) is 11.3 Å². The van der Waals surface area contributed by atoms with Crippen LogP contribution in [0.15, 0.2) is 34.9 Å². The maximum atomic E-state index is 12.3. The Morgan fingerprint density at radius 3 is 2.57 bits per heavy atom. The van der Waals surface area contributed by atoms with Crippen LogP contribution >= 0.6 is 11.3 Å². The number of nitrogens with zero attached hydrogens (tertiary/aromatic N) is 4. The molecule has 0 saturated carbocycles. The molecule has 3 aromatic rings. The zero-order valence-electron chi connectivity index (χ0n) is 15.7. The van der Waals surface area contributed by atoms with E-state index in [9.17, 15) is 9.59 Å². The number of hydrogen-bond donors (Lipinski definition) is 2. The van der Waals surface area contributed by atoms with Gasteiger partial charge in [0.1, 0.15) is 10.8 Å². The van der Waals surface area contributed by atoms with E-state index in [0.717, 1.165) is 5.56 Å². The lowest BCUT2D eigenvalue weighted by Crippen LogP contribution is -2.29. The number of aryl methyl sites for hydroxylation is 2. The number of likely N-dealkylation sites (N-methyl/N-ethyl adjacent to an activating group) is 1. The lowest BCUT2D eigenvalue weighted by molar-refractivity contribution is -0.117. The number of benzene rings is 1. The minimum Gasteiger partial charge on any atom is -0.360 e. The van der Waals surface area contributed by atoms with E-state index in [2.05, 4.69) is 26.0 Å². The zero-order chi connectivity index (χ0) is 20.1. The molecular formula is C18H20N6O3S. The highest BCUT2D eigenvalue weighted by Crippen LogP contribution is 2.15. The first-order valence-electron chi connectivity index (χ1n) is 8.51. The van der Waals surface area contributed by atoms with Crippen molar-refractivity contribution in [2.24, 2.45) is 0 Å². The summed E-state index contributed by atoms with van der Waals surface area (Å²) < 4.78 is 4.91. The molecule has 0 saturated heterocycles. The highest BCUT2D eigenvalue weighted by Gasteiger charge is 2.16. The van der Waals surface area contributed by atoms with Crippen LogP contribution < -0.4 is 10.6 Å². The van der Waals surface area contributed by atoms with Crippen molar-refractivity contribution in [2.45, 2.75) is 20.4 Å². The number of rotatable bonds is 7. The van der Waals surface area contributed by atoms with Crippen molar-refractivity contribution in [2.75, 3.05) is 24.2 Å². The van der Waals surface area contributed by atoms with Crippen molar-refractivity contribution >= 4 is 34.7 Å². The van der Waals surface area contributed by atoms with E-state index in [-0.39, 0.29) is 23.4 Å². The summed E-state index contributed by atoms with van der Waals surface area (Å²) in [5.41, 5.74) is 1.81. The van der Waals surface area contributed by atoms with Gasteiger partial charge < -0.3 is 15.2 Å². The fraction of sp³-hybridized carbons (Fsp3) is 0.278. The number of anilines is 2. The summed E-state index contributed by atoms with van der Waals surface area (Å²) in [7, 11) is 1.78.